The van der Waals surface area contributed by atoms with Gasteiger partial charge in [0.25, 0.3) is 0 Å². The number of hydrogen-bond acceptors (Lipinski definition) is 1. The third-order valence-electron chi connectivity index (χ3n) is 1.33. The van der Waals surface area contributed by atoms with Gasteiger partial charge in [-0.25, -0.2) is 0 Å². The third-order valence-corrected chi connectivity index (χ3v) is 1.33. The number of hydrogen-bond donors (Lipinski definition) is 0. The van der Waals surface area contributed by atoms with Crippen molar-refractivity contribution in [3.8, 4) is 0 Å². The van der Waals surface area contributed by atoms with E-state index in [1.54, 1.807) is 0 Å². The van der Waals surface area contributed by atoms with E-state index in [9.17, 15) is 0 Å². The number of rotatable bonds is 4. The Morgan fingerprint density at radius 2 is 1.89 bits per heavy atom. The van der Waals surface area contributed by atoms with Crippen molar-refractivity contribution in [3.05, 3.63) is 0 Å². The topological polar surface area (TPSA) is 12.4 Å². The van der Waals surface area contributed by atoms with E-state index in [2.05, 4.69) is 25.8 Å². The summed E-state index contributed by atoms with van der Waals surface area (Å²) in [6.45, 7) is 7.40. The number of nitrogens with zero attached hydrogens (tertiary/aromatic N) is 1. The fourth-order valence-electron chi connectivity index (χ4n) is 0.880. The first-order valence-electron chi connectivity index (χ1n) is 3.87. The Hall–Kier alpha value is -0.330. The molecule has 0 saturated heterocycles. The van der Waals surface area contributed by atoms with Crippen LogP contribution in [0.5, 0.6) is 0 Å². The minimum absolute atomic E-state index is 0.948. The second-order valence-electron chi connectivity index (χ2n) is 2.14. The van der Waals surface area contributed by atoms with Crippen LogP contribution in [0.1, 0.15) is 40.0 Å². The molecule has 0 aliphatic heterocycles. The quantitative estimate of drug-likeness (QED) is 0.515. The Balaban J connectivity index is 3.53. The zero-order chi connectivity index (χ0) is 7.11. The molecule has 0 heterocycles. The molecule has 0 N–H and O–H groups in total. The molecule has 0 unspecified atom stereocenters. The van der Waals surface area contributed by atoms with Gasteiger partial charge < -0.3 is 0 Å². The maximum atomic E-state index is 4.35. The van der Waals surface area contributed by atoms with Gasteiger partial charge >= 0.3 is 0 Å². The molecular formula is C8H17N. The Kier molecular flexibility index (Phi) is 5.59. The van der Waals surface area contributed by atoms with E-state index in [0.717, 1.165) is 13.0 Å². The number of aliphatic imine (C=N–C) groups is 1. The lowest BCUT2D eigenvalue weighted by molar-refractivity contribution is 0.947. The molecule has 0 radical (unpaired) electrons. The Bertz CT molecular complexity index is 84.6. The molecule has 0 rings (SSSR count). The molecule has 1 nitrogen and oxygen atoms in total. The largest absolute Gasteiger partial charge is 0.294 e. The minimum Gasteiger partial charge on any atom is -0.294 e. The van der Waals surface area contributed by atoms with Gasteiger partial charge in [0.15, 0.2) is 0 Å². The van der Waals surface area contributed by atoms with Crippen LogP contribution >= 0.6 is 0 Å². The molecule has 0 saturated carbocycles. The highest BCUT2D eigenvalue weighted by Crippen LogP contribution is 1.95. The first-order valence-corrected chi connectivity index (χ1v) is 3.87. The Labute approximate surface area is 58.2 Å². The van der Waals surface area contributed by atoms with Gasteiger partial charge in [0, 0.05) is 12.3 Å². The monoisotopic (exact) mass is 127 g/mol. The second kappa shape index (κ2) is 5.80. The van der Waals surface area contributed by atoms with Crippen molar-refractivity contribution in [2.45, 2.75) is 40.0 Å². The lowest BCUT2D eigenvalue weighted by Gasteiger charge is -1.98. The van der Waals surface area contributed by atoms with E-state index >= 15 is 0 Å². The maximum Gasteiger partial charge on any atom is 0.0360 e. The molecule has 0 aromatic carbocycles. The van der Waals surface area contributed by atoms with Crippen LogP contribution in [-0.4, -0.2) is 12.3 Å². The van der Waals surface area contributed by atoms with Gasteiger partial charge in [-0.3, -0.25) is 4.99 Å². The zero-order valence-corrected chi connectivity index (χ0v) is 6.78. The average Bonchev–Trinajstić information content (AvgIpc) is 1.88. The molecule has 9 heavy (non-hydrogen) atoms. The van der Waals surface area contributed by atoms with Gasteiger partial charge in [0.1, 0.15) is 0 Å². The molecule has 0 aromatic rings. The molecule has 54 valence electrons. The summed E-state index contributed by atoms with van der Waals surface area (Å²) >= 11 is 0. The van der Waals surface area contributed by atoms with Crippen LogP contribution in [0.2, 0.25) is 0 Å². The molecule has 0 aromatic heterocycles. The van der Waals surface area contributed by atoms with Crippen LogP contribution < -0.4 is 0 Å². The van der Waals surface area contributed by atoms with Crippen molar-refractivity contribution < 1.29 is 0 Å². The highest BCUT2D eigenvalue weighted by molar-refractivity contribution is 5.84. The van der Waals surface area contributed by atoms with Gasteiger partial charge in [-0.2, -0.15) is 0 Å². The van der Waals surface area contributed by atoms with Gasteiger partial charge in [0.2, 0.25) is 0 Å². The van der Waals surface area contributed by atoms with E-state index in [1.807, 2.05) is 0 Å². The molecule has 1 heteroatoms. The molecule has 0 bridgehead atoms. The first kappa shape index (κ1) is 8.67. The van der Waals surface area contributed by atoms with Crippen LogP contribution in [0.4, 0.5) is 0 Å². The molecule has 0 atom stereocenters. The summed E-state index contributed by atoms with van der Waals surface area (Å²) in [6.07, 6.45) is 3.54. The standard InChI is InChI=1S/C8H17N/c1-4-7-8(5-2)9-6-3/h4-7H2,1-3H3. The van der Waals surface area contributed by atoms with Gasteiger partial charge in [-0.15, -0.1) is 0 Å². The van der Waals surface area contributed by atoms with Gasteiger partial charge in [0.05, 0.1) is 0 Å². The summed E-state index contributed by atoms with van der Waals surface area (Å²) < 4.78 is 0. The first-order chi connectivity index (χ1) is 4.35. The summed E-state index contributed by atoms with van der Waals surface area (Å²) in [5, 5.41) is 0. The third kappa shape index (κ3) is 4.19. The average molecular weight is 127 g/mol. The molecule has 0 aliphatic carbocycles. The molecule has 0 amide bonds. The molecular weight excluding hydrogens is 110 g/mol. The summed E-state index contributed by atoms with van der Waals surface area (Å²) in [5.74, 6) is 0. The highest BCUT2D eigenvalue weighted by Gasteiger charge is 1.90. The van der Waals surface area contributed by atoms with Crippen molar-refractivity contribution in [3.63, 3.8) is 0 Å². The predicted molar refractivity (Wildman–Crippen MR) is 43.2 cm³/mol. The molecule has 0 aliphatic rings. The van der Waals surface area contributed by atoms with Crippen LogP contribution in [0.25, 0.3) is 0 Å². The lowest BCUT2D eigenvalue weighted by Crippen LogP contribution is -1.95. The van der Waals surface area contributed by atoms with E-state index in [-0.39, 0.29) is 0 Å². The Morgan fingerprint density at radius 1 is 1.22 bits per heavy atom. The van der Waals surface area contributed by atoms with E-state index < -0.39 is 0 Å². The van der Waals surface area contributed by atoms with Crippen molar-refractivity contribution in [2.24, 2.45) is 4.99 Å². The fourth-order valence-corrected chi connectivity index (χ4v) is 0.880. The summed E-state index contributed by atoms with van der Waals surface area (Å²) in [7, 11) is 0. The van der Waals surface area contributed by atoms with Gasteiger partial charge in [-0.1, -0.05) is 20.3 Å². The molecule has 0 spiro atoms. The second-order valence-corrected chi connectivity index (χ2v) is 2.14. The van der Waals surface area contributed by atoms with Crippen LogP contribution in [-0.2, 0) is 0 Å². The van der Waals surface area contributed by atoms with Crippen molar-refractivity contribution >= 4 is 5.71 Å². The summed E-state index contributed by atoms with van der Waals surface area (Å²) in [6, 6.07) is 0. The van der Waals surface area contributed by atoms with E-state index in [4.69, 9.17) is 0 Å². The van der Waals surface area contributed by atoms with Crippen LogP contribution in [0.3, 0.4) is 0 Å². The highest BCUT2D eigenvalue weighted by atomic mass is 14.7. The van der Waals surface area contributed by atoms with E-state index in [1.165, 1.54) is 18.6 Å². The zero-order valence-electron chi connectivity index (χ0n) is 6.78. The predicted octanol–water partition coefficient (Wildman–Crippen LogP) is 2.66. The normalized spacial score (nSPS) is 12.1. The summed E-state index contributed by atoms with van der Waals surface area (Å²) in [4.78, 5) is 4.35. The Morgan fingerprint density at radius 3 is 2.22 bits per heavy atom. The fraction of sp³-hybridized carbons (Fsp3) is 0.875. The van der Waals surface area contributed by atoms with Crippen molar-refractivity contribution in [1.82, 2.24) is 0 Å². The van der Waals surface area contributed by atoms with Gasteiger partial charge in [-0.05, 0) is 19.8 Å². The van der Waals surface area contributed by atoms with Crippen LogP contribution in [0.15, 0.2) is 4.99 Å². The summed E-state index contributed by atoms with van der Waals surface area (Å²) in [5.41, 5.74) is 1.38. The maximum absolute atomic E-state index is 4.35. The molecule has 0 fully saturated rings. The van der Waals surface area contributed by atoms with E-state index in [0.29, 0.717) is 0 Å². The lowest BCUT2D eigenvalue weighted by atomic mass is 10.2. The van der Waals surface area contributed by atoms with Crippen LogP contribution in [0, 0.1) is 0 Å². The SMILES string of the molecule is CCCC(CC)=NCC. The smallest absolute Gasteiger partial charge is 0.0360 e. The van der Waals surface area contributed by atoms with Crippen molar-refractivity contribution in [1.29, 1.82) is 0 Å². The minimum atomic E-state index is 0.948. The van der Waals surface area contributed by atoms with Crippen molar-refractivity contribution in [2.75, 3.05) is 6.54 Å².